The quantitative estimate of drug-likeness (QED) is 0.720. The first-order valence-corrected chi connectivity index (χ1v) is 10.0. The van der Waals surface area contributed by atoms with Gasteiger partial charge in [-0.1, -0.05) is 6.07 Å². The fourth-order valence-corrected chi connectivity index (χ4v) is 3.48. The van der Waals surface area contributed by atoms with Gasteiger partial charge in [0.15, 0.2) is 0 Å². The van der Waals surface area contributed by atoms with E-state index in [1.54, 1.807) is 31.2 Å². The van der Waals surface area contributed by atoms with Crippen LogP contribution in [0.25, 0.3) is 0 Å². The minimum Gasteiger partial charge on any atom is -0.496 e. The van der Waals surface area contributed by atoms with Gasteiger partial charge in [0.25, 0.3) is 15.9 Å². The van der Waals surface area contributed by atoms with Crippen LogP contribution in [0.2, 0.25) is 0 Å². The molecule has 0 saturated carbocycles. The Morgan fingerprint density at radius 3 is 2.52 bits per heavy atom. The molecule has 8 heteroatoms. The Morgan fingerprint density at radius 1 is 1.15 bits per heavy atom. The topological polar surface area (TPSA) is 93.7 Å². The highest BCUT2D eigenvalue weighted by Crippen LogP contribution is 2.25. The van der Waals surface area contributed by atoms with Crippen LogP contribution in [0.4, 0.5) is 5.69 Å². The summed E-state index contributed by atoms with van der Waals surface area (Å²) in [4.78, 5) is 12.1. The van der Waals surface area contributed by atoms with E-state index in [-0.39, 0.29) is 16.6 Å². The fourth-order valence-electron chi connectivity index (χ4n) is 2.41. The molecule has 146 valence electrons. The van der Waals surface area contributed by atoms with Crippen LogP contribution in [0, 0.1) is 0 Å². The Hall–Kier alpha value is -2.74. The zero-order valence-electron chi connectivity index (χ0n) is 15.8. The summed E-state index contributed by atoms with van der Waals surface area (Å²) in [5.74, 6) is 0.453. The number of methoxy groups -OCH3 is 1. The lowest BCUT2D eigenvalue weighted by Crippen LogP contribution is -2.24. The zero-order chi connectivity index (χ0) is 20.0. The van der Waals surface area contributed by atoms with Gasteiger partial charge in [0.2, 0.25) is 0 Å². The average molecular weight is 392 g/mol. The Balaban J connectivity index is 2.34. The van der Waals surface area contributed by atoms with Gasteiger partial charge in [-0.15, -0.1) is 0 Å². The number of benzene rings is 2. The van der Waals surface area contributed by atoms with Crippen molar-refractivity contribution in [3.05, 3.63) is 48.0 Å². The Kier molecular flexibility index (Phi) is 6.68. The van der Waals surface area contributed by atoms with Crippen molar-refractivity contribution in [2.45, 2.75) is 31.8 Å². The predicted molar refractivity (Wildman–Crippen MR) is 104 cm³/mol. The molecule has 0 saturated heterocycles. The molecule has 27 heavy (non-hydrogen) atoms. The van der Waals surface area contributed by atoms with Crippen molar-refractivity contribution in [2.24, 2.45) is 0 Å². The van der Waals surface area contributed by atoms with Gasteiger partial charge in [-0.3, -0.25) is 9.52 Å². The van der Waals surface area contributed by atoms with Crippen molar-refractivity contribution in [3.8, 4) is 11.5 Å². The lowest BCUT2D eigenvalue weighted by Gasteiger charge is -2.14. The van der Waals surface area contributed by atoms with E-state index in [9.17, 15) is 13.2 Å². The van der Waals surface area contributed by atoms with Crippen LogP contribution in [0.15, 0.2) is 47.4 Å². The van der Waals surface area contributed by atoms with Crippen molar-refractivity contribution in [2.75, 3.05) is 18.4 Å². The first kappa shape index (κ1) is 20.6. The van der Waals surface area contributed by atoms with E-state index in [1.165, 1.54) is 25.3 Å². The van der Waals surface area contributed by atoms with E-state index in [4.69, 9.17) is 9.47 Å². The summed E-state index contributed by atoms with van der Waals surface area (Å²) in [6.45, 7) is 5.97. The van der Waals surface area contributed by atoms with Gasteiger partial charge < -0.3 is 14.8 Å². The molecule has 0 radical (unpaired) electrons. The summed E-state index contributed by atoms with van der Waals surface area (Å²) >= 11 is 0. The van der Waals surface area contributed by atoms with Crippen LogP contribution in [0.3, 0.4) is 0 Å². The zero-order valence-corrected chi connectivity index (χ0v) is 16.6. The van der Waals surface area contributed by atoms with Crippen LogP contribution >= 0.6 is 0 Å². The SMILES string of the molecule is CCNC(=O)c1cc(S(=O)(=O)Nc2cccc(OC(C)C)c2)ccc1OC. The first-order chi connectivity index (χ1) is 12.8. The van der Waals surface area contributed by atoms with Gasteiger partial charge in [-0.25, -0.2) is 8.42 Å². The second kappa shape index (κ2) is 8.77. The largest absolute Gasteiger partial charge is 0.496 e. The third-order valence-corrected chi connectivity index (χ3v) is 4.90. The summed E-state index contributed by atoms with van der Waals surface area (Å²) in [5.41, 5.74) is 0.516. The molecule has 0 fully saturated rings. The number of ether oxygens (including phenoxy) is 2. The van der Waals surface area contributed by atoms with E-state index in [1.807, 2.05) is 13.8 Å². The highest BCUT2D eigenvalue weighted by atomic mass is 32.2. The molecule has 2 rings (SSSR count). The van der Waals surface area contributed by atoms with Gasteiger partial charge in [0, 0.05) is 12.6 Å². The Morgan fingerprint density at radius 2 is 1.89 bits per heavy atom. The van der Waals surface area contributed by atoms with Crippen molar-refractivity contribution in [1.29, 1.82) is 0 Å². The van der Waals surface area contributed by atoms with Gasteiger partial charge in [-0.05, 0) is 51.1 Å². The van der Waals surface area contributed by atoms with Crippen molar-refractivity contribution in [3.63, 3.8) is 0 Å². The Bertz CT molecular complexity index is 910. The van der Waals surface area contributed by atoms with Crippen LogP contribution in [-0.2, 0) is 10.0 Å². The Labute approximate surface area is 159 Å². The molecule has 7 nitrogen and oxygen atoms in total. The van der Waals surface area contributed by atoms with Gasteiger partial charge >= 0.3 is 0 Å². The van der Waals surface area contributed by atoms with E-state index < -0.39 is 15.9 Å². The monoisotopic (exact) mass is 392 g/mol. The van der Waals surface area contributed by atoms with E-state index in [0.717, 1.165) is 0 Å². The number of sulfonamides is 1. The number of hydrogen-bond donors (Lipinski definition) is 2. The number of anilines is 1. The number of carbonyl (C=O) groups excluding carboxylic acids is 1. The smallest absolute Gasteiger partial charge is 0.261 e. The van der Waals surface area contributed by atoms with E-state index in [0.29, 0.717) is 23.7 Å². The maximum absolute atomic E-state index is 12.7. The minimum absolute atomic E-state index is 0.0296. The maximum Gasteiger partial charge on any atom is 0.261 e. The molecule has 2 aromatic rings. The molecule has 0 aliphatic rings. The van der Waals surface area contributed by atoms with Crippen LogP contribution in [-0.4, -0.2) is 34.1 Å². The second-order valence-corrected chi connectivity index (χ2v) is 7.70. The molecular formula is C19H24N2O5S. The molecule has 1 amide bonds. The molecule has 0 heterocycles. The third kappa shape index (κ3) is 5.37. The van der Waals surface area contributed by atoms with Crippen molar-refractivity contribution in [1.82, 2.24) is 5.32 Å². The molecular weight excluding hydrogens is 368 g/mol. The van der Waals surface area contributed by atoms with Gasteiger partial charge in [0.1, 0.15) is 11.5 Å². The highest BCUT2D eigenvalue weighted by molar-refractivity contribution is 7.92. The average Bonchev–Trinajstić information content (AvgIpc) is 2.60. The first-order valence-electron chi connectivity index (χ1n) is 8.52. The molecule has 2 aromatic carbocycles. The van der Waals surface area contributed by atoms with Crippen molar-refractivity contribution >= 4 is 21.6 Å². The fraction of sp³-hybridized carbons (Fsp3) is 0.316. The van der Waals surface area contributed by atoms with Crippen LogP contribution in [0.1, 0.15) is 31.1 Å². The summed E-state index contributed by atoms with van der Waals surface area (Å²) in [7, 11) is -2.47. The normalized spacial score (nSPS) is 11.1. The lowest BCUT2D eigenvalue weighted by atomic mass is 10.2. The molecule has 0 aliphatic carbocycles. The van der Waals surface area contributed by atoms with Crippen LogP contribution in [0.5, 0.6) is 11.5 Å². The summed E-state index contributed by atoms with van der Waals surface area (Å²) in [6, 6.07) is 10.8. The molecule has 0 atom stereocenters. The number of amides is 1. The summed E-state index contributed by atoms with van der Waals surface area (Å²) in [6.07, 6.45) is -0.0296. The maximum atomic E-state index is 12.7. The highest BCUT2D eigenvalue weighted by Gasteiger charge is 2.20. The number of hydrogen-bond acceptors (Lipinski definition) is 5. The van der Waals surface area contributed by atoms with E-state index in [2.05, 4.69) is 10.0 Å². The van der Waals surface area contributed by atoms with Crippen LogP contribution < -0.4 is 19.5 Å². The minimum atomic E-state index is -3.90. The summed E-state index contributed by atoms with van der Waals surface area (Å²) < 4.78 is 38.7. The third-order valence-electron chi connectivity index (χ3n) is 3.52. The molecule has 0 aliphatic heterocycles. The molecule has 0 bridgehead atoms. The number of nitrogens with one attached hydrogen (secondary N) is 2. The predicted octanol–water partition coefficient (Wildman–Crippen LogP) is 3.03. The molecule has 2 N–H and O–H groups in total. The number of carbonyl (C=O) groups is 1. The molecule has 0 unspecified atom stereocenters. The van der Waals surface area contributed by atoms with E-state index >= 15 is 0 Å². The second-order valence-electron chi connectivity index (χ2n) is 6.02. The number of rotatable bonds is 8. The van der Waals surface area contributed by atoms with Crippen molar-refractivity contribution < 1.29 is 22.7 Å². The standard InChI is InChI=1S/C19H24N2O5S/c1-5-20-19(22)17-12-16(9-10-18(17)25-4)27(23,24)21-14-7-6-8-15(11-14)26-13(2)3/h6-13,21H,5H2,1-4H3,(H,20,22). The molecule has 0 aromatic heterocycles. The molecule has 0 spiro atoms. The summed E-state index contributed by atoms with van der Waals surface area (Å²) in [5, 5.41) is 2.64. The van der Waals surface area contributed by atoms with Gasteiger partial charge in [-0.2, -0.15) is 0 Å². The van der Waals surface area contributed by atoms with Gasteiger partial charge in [0.05, 0.1) is 29.4 Å². The lowest BCUT2D eigenvalue weighted by molar-refractivity contribution is 0.0952.